The summed E-state index contributed by atoms with van der Waals surface area (Å²) >= 11 is 0. The van der Waals surface area contributed by atoms with Crippen molar-refractivity contribution in [2.45, 2.75) is 97.3 Å². The minimum absolute atomic E-state index is 0.0187. The third-order valence-electron chi connectivity index (χ3n) is 11.3. The number of ether oxygens (including phenoxy) is 2. The predicted octanol–water partition coefficient (Wildman–Crippen LogP) is 4.38. The van der Waals surface area contributed by atoms with Crippen LogP contribution in [-0.4, -0.2) is 67.1 Å². The van der Waals surface area contributed by atoms with E-state index in [1.54, 1.807) is 0 Å². The molecule has 4 saturated carbocycles. The van der Waals surface area contributed by atoms with Crippen LogP contribution in [0.4, 0.5) is 8.78 Å². The molecule has 0 aromatic heterocycles. The molecule has 4 aliphatic rings. The first-order valence-corrected chi connectivity index (χ1v) is 17.2. The van der Waals surface area contributed by atoms with Crippen LogP contribution in [0.3, 0.4) is 0 Å². The van der Waals surface area contributed by atoms with Crippen molar-refractivity contribution in [3.8, 4) is 0 Å². The van der Waals surface area contributed by atoms with E-state index < -0.39 is 45.8 Å². The van der Waals surface area contributed by atoms with Crippen LogP contribution in [-0.2, 0) is 43.6 Å². The molecule has 1 N–H and O–H groups in total. The van der Waals surface area contributed by atoms with Gasteiger partial charge >= 0.3 is 11.9 Å². The molecule has 13 heteroatoms. The van der Waals surface area contributed by atoms with Crippen LogP contribution in [0.5, 0.6) is 0 Å². The summed E-state index contributed by atoms with van der Waals surface area (Å²) in [6.45, 7) is 4.57. The summed E-state index contributed by atoms with van der Waals surface area (Å²) in [5, 5.41) is 0. The Morgan fingerprint density at radius 2 is 1.70 bits per heavy atom. The van der Waals surface area contributed by atoms with E-state index in [9.17, 15) is 41.2 Å². The Morgan fingerprint density at radius 3 is 2.39 bits per heavy atom. The summed E-state index contributed by atoms with van der Waals surface area (Å²) in [6.07, 6.45) is 4.29. The van der Waals surface area contributed by atoms with Gasteiger partial charge in [-0.25, -0.2) is 8.78 Å². The van der Waals surface area contributed by atoms with Crippen molar-refractivity contribution in [2.24, 2.45) is 46.3 Å². The molecule has 4 aliphatic carbocycles. The van der Waals surface area contributed by atoms with E-state index in [0.717, 1.165) is 19.3 Å². The highest BCUT2D eigenvalue weighted by Crippen LogP contribution is 2.66. The second-order valence-corrected chi connectivity index (χ2v) is 15.5. The highest BCUT2D eigenvalue weighted by atomic mass is 32.2. The average Bonchev–Trinajstić information content (AvgIpc) is 3.27. The van der Waals surface area contributed by atoms with Gasteiger partial charge in [-0.2, -0.15) is 8.42 Å². The van der Waals surface area contributed by atoms with E-state index in [2.05, 4.69) is 11.7 Å². The monoisotopic (exact) mass is 646 g/mol. The summed E-state index contributed by atoms with van der Waals surface area (Å²) in [4.78, 5) is 63.7. The maximum Gasteiger partial charge on any atom is 0.306 e. The molecule has 0 aliphatic heterocycles. The van der Waals surface area contributed by atoms with Crippen molar-refractivity contribution in [3.63, 3.8) is 0 Å². The number of ketones is 3. The van der Waals surface area contributed by atoms with Crippen LogP contribution < -0.4 is 0 Å². The molecule has 0 spiro atoms. The van der Waals surface area contributed by atoms with Gasteiger partial charge in [0, 0.05) is 49.9 Å². The minimum Gasteiger partial charge on any atom is -0.466 e. The van der Waals surface area contributed by atoms with E-state index in [-0.39, 0.29) is 84.1 Å². The number of carbonyl (C=O) groups excluding carboxylic acids is 5. The first kappa shape index (κ1) is 34.6. The summed E-state index contributed by atoms with van der Waals surface area (Å²) in [6, 6.07) is 0. The summed E-state index contributed by atoms with van der Waals surface area (Å²) in [7, 11) is -4.94. The van der Waals surface area contributed by atoms with Gasteiger partial charge in [0.25, 0.3) is 16.0 Å². The molecule has 0 bridgehead atoms. The quantitative estimate of drug-likeness (QED) is 0.183. The largest absolute Gasteiger partial charge is 0.466 e. The lowest BCUT2D eigenvalue weighted by Crippen LogP contribution is -2.60. The Labute approximate surface area is 257 Å². The van der Waals surface area contributed by atoms with Gasteiger partial charge in [0.15, 0.2) is 6.61 Å². The lowest BCUT2D eigenvalue weighted by atomic mass is 9.44. The van der Waals surface area contributed by atoms with Crippen molar-refractivity contribution in [1.29, 1.82) is 0 Å². The molecule has 248 valence electrons. The molecular weight excluding hydrogens is 602 g/mol. The fourth-order valence-electron chi connectivity index (χ4n) is 8.98. The van der Waals surface area contributed by atoms with Crippen LogP contribution in [0.2, 0.25) is 0 Å². The van der Waals surface area contributed by atoms with Crippen LogP contribution in [0.1, 0.15) is 91.4 Å². The van der Waals surface area contributed by atoms with Gasteiger partial charge in [-0.05, 0) is 67.1 Å². The van der Waals surface area contributed by atoms with Gasteiger partial charge in [0.1, 0.15) is 23.1 Å². The molecule has 8 atom stereocenters. The zero-order valence-corrected chi connectivity index (χ0v) is 26.5. The lowest BCUT2D eigenvalue weighted by Gasteiger charge is -2.58. The zero-order chi connectivity index (χ0) is 32.7. The Morgan fingerprint density at radius 1 is 1.02 bits per heavy atom. The first-order valence-electron chi connectivity index (χ1n) is 15.6. The van der Waals surface area contributed by atoms with Gasteiger partial charge in [0.2, 0.25) is 0 Å². The standard InChI is InChI=1S/C31H44F2O10S/c1-18(6-9-27(38)42-12-4-5-26(37)43-16-31(32,33)17-44(39,40)41)21-7-8-22-28-23(15-25(36)30(21,22)3)29(2)11-10-20(34)13-19(29)14-24(28)35/h18-19,21-23,28H,4-17H2,1-3H3,(H,39,40,41)/t18-,19?,21-,22+,23+,28+,29+,30-/m1/s1. The van der Waals surface area contributed by atoms with E-state index in [0.29, 0.717) is 32.1 Å². The Balaban J connectivity index is 1.24. The van der Waals surface area contributed by atoms with Crippen molar-refractivity contribution in [2.75, 3.05) is 19.0 Å². The molecule has 1 unspecified atom stereocenters. The maximum absolute atomic E-state index is 13.9. The van der Waals surface area contributed by atoms with Gasteiger partial charge in [-0.15, -0.1) is 0 Å². The number of halogens is 2. The number of alkyl halides is 2. The second-order valence-electron chi connectivity index (χ2n) is 14.0. The van der Waals surface area contributed by atoms with Gasteiger partial charge in [-0.3, -0.25) is 28.5 Å². The van der Waals surface area contributed by atoms with E-state index >= 15 is 0 Å². The molecule has 0 saturated heterocycles. The van der Waals surface area contributed by atoms with E-state index in [4.69, 9.17) is 9.29 Å². The van der Waals surface area contributed by atoms with Crippen LogP contribution >= 0.6 is 0 Å². The van der Waals surface area contributed by atoms with Gasteiger partial charge in [-0.1, -0.05) is 20.8 Å². The first-order chi connectivity index (χ1) is 20.4. The number of esters is 2. The van der Waals surface area contributed by atoms with Crippen molar-refractivity contribution < 1.29 is 55.2 Å². The molecule has 0 heterocycles. The van der Waals surface area contributed by atoms with E-state index in [1.807, 2.05) is 13.8 Å². The molecule has 0 amide bonds. The Bertz CT molecular complexity index is 1280. The second kappa shape index (κ2) is 12.8. The third kappa shape index (κ3) is 7.24. The highest BCUT2D eigenvalue weighted by molar-refractivity contribution is 7.85. The SMILES string of the molecule is C[C@H](CCC(=O)OCCCC(=O)OCC(F)(F)CS(=O)(=O)O)[C@H]1CC[C@H]2[C@@H]3C(=O)CC4CC(=O)CC[C@]4(C)[C@H]3CC(=O)[C@]12C. The highest BCUT2D eigenvalue weighted by Gasteiger charge is 2.66. The lowest BCUT2D eigenvalue weighted by molar-refractivity contribution is -0.166. The number of rotatable bonds is 12. The molecule has 0 radical (unpaired) electrons. The normalized spacial score (nSPS) is 34.5. The minimum atomic E-state index is -4.94. The van der Waals surface area contributed by atoms with Crippen molar-refractivity contribution in [1.82, 2.24) is 0 Å². The zero-order valence-electron chi connectivity index (χ0n) is 25.6. The smallest absolute Gasteiger partial charge is 0.306 e. The van der Waals surface area contributed by atoms with Crippen LogP contribution in [0.15, 0.2) is 0 Å². The summed E-state index contributed by atoms with van der Waals surface area (Å²) in [5.41, 5.74) is -0.825. The average molecular weight is 647 g/mol. The van der Waals surface area contributed by atoms with Gasteiger partial charge < -0.3 is 9.47 Å². The number of fused-ring (bicyclic) bond motifs is 5. The van der Waals surface area contributed by atoms with E-state index in [1.165, 1.54) is 0 Å². The van der Waals surface area contributed by atoms with Crippen molar-refractivity contribution in [3.05, 3.63) is 0 Å². The number of hydrogen-bond donors (Lipinski definition) is 1. The topological polar surface area (TPSA) is 158 Å². The summed E-state index contributed by atoms with van der Waals surface area (Å²) in [5.74, 6) is -6.89. The fourth-order valence-corrected chi connectivity index (χ4v) is 9.60. The van der Waals surface area contributed by atoms with Gasteiger partial charge in [0.05, 0.1) is 6.61 Å². The Hall–Kier alpha value is -2.28. The molecule has 44 heavy (non-hydrogen) atoms. The van der Waals surface area contributed by atoms with Crippen LogP contribution in [0.25, 0.3) is 0 Å². The molecule has 10 nitrogen and oxygen atoms in total. The number of carbonyl (C=O) groups is 5. The summed E-state index contributed by atoms with van der Waals surface area (Å²) < 4.78 is 66.1. The van der Waals surface area contributed by atoms with Crippen LogP contribution in [0, 0.1) is 46.3 Å². The molecular formula is C31H44F2O10S. The van der Waals surface area contributed by atoms with Crippen molar-refractivity contribution >= 4 is 39.4 Å². The molecule has 4 rings (SSSR count). The molecule has 0 aromatic carbocycles. The molecule has 0 aromatic rings. The molecule has 4 fully saturated rings. The maximum atomic E-state index is 13.9. The third-order valence-corrected chi connectivity index (χ3v) is 12.1. The Kier molecular flexibility index (Phi) is 10.1. The number of Topliss-reactive ketones (excluding diaryl/α,β-unsaturated/α-hetero) is 3. The fraction of sp³-hybridized carbons (Fsp3) is 0.839. The predicted molar refractivity (Wildman–Crippen MR) is 152 cm³/mol. The number of hydrogen-bond acceptors (Lipinski definition) is 9.